The van der Waals surface area contributed by atoms with Crippen LogP contribution >= 0.6 is 11.6 Å². The molecule has 9 nitrogen and oxygen atoms in total. The van der Waals surface area contributed by atoms with Gasteiger partial charge in [-0.25, -0.2) is 14.2 Å². The van der Waals surface area contributed by atoms with E-state index in [-0.39, 0.29) is 29.9 Å². The summed E-state index contributed by atoms with van der Waals surface area (Å²) in [6, 6.07) is 10.1. The molecule has 0 saturated heterocycles. The lowest BCUT2D eigenvalue weighted by Gasteiger charge is -2.17. The summed E-state index contributed by atoms with van der Waals surface area (Å²) in [5.41, 5.74) is 0.0740. The van der Waals surface area contributed by atoms with Crippen LogP contribution < -0.4 is 20.9 Å². The van der Waals surface area contributed by atoms with Gasteiger partial charge in [0.1, 0.15) is 11.6 Å². The van der Waals surface area contributed by atoms with Crippen molar-refractivity contribution in [3.05, 3.63) is 81.0 Å². The van der Waals surface area contributed by atoms with E-state index >= 15 is 0 Å². The summed E-state index contributed by atoms with van der Waals surface area (Å²) in [4.78, 5) is 42.0. The molecule has 1 amide bonds. The number of carbonyl (C=O) groups is 2. The van der Waals surface area contributed by atoms with Crippen LogP contribution in [0.5, 0.6) is 5.75 Å². The van der Waals surface area contributed by atoms with E-state index in [9.17, 15) is 18.8 Å². The van der Waals surface area contributed by atoms with E-state index in [1.54, 1.807) is 44.2 Å². The predicted molar refractivity (Wildman–Crippen MR) is 133 cm³/mol. The van der Waals surface area contributed by atoms with Crippen molar-refractivity contribution in [3.63, 3.8) is 0 Å². The first-order valence-corrected chi connectivity index (χ1v) is 11.4. The molecule has 0 unspecified atom stereocenters. The number of aromatic nitrogens is 2. The molecule has 2 aromatic carbocycles. The molecule has 0 aliphatic heterocycles. The van der Waals surface area contributed by atoms with Crippen LogP contribution in [0.1, 0.15) is 36.7 Å². The minimum absolute atomic E-state index is 0.0377. The highest BCUT2D eigenvalue weighted by atomic mass is 35.5. The average Bonchev–Trinajstić information content (AvgIpc) is 2.83. The number of ether oxygens (including phenoxy) is 2. The molecule has 0 aliphatic carbocycles. The number of halogens is 2. The van der Waals surface area contributed by atoms with Crippen LogP contribution in [0.4, 0.5) is 16.0 Å². The van der Waals surface area contributed by atoms with Gasteiger partial charge in [-0.05, 0) is 50.6 Å². The third-order valence-electron chi connectivity index (χ3n) is 5.00. The number of nitrogens with zero attached hydrogens (tertiary/aromatic N) is 2. The Hall–Kier alpha value is -3.92. The molecule has 0 fully saturated rings. The summed E-state index contributed by atoms with van der Waals surface area (Å²) in [6.07, 6.45) is 0.889. The number of esters is 1. The first-order chi connectivity index (χ1) is 17.1. The molecule has 0 spiro atoms. The van der Waals surface area contributed by atoms with Gasteiger partial charge in [-0.15, -0.1) is 0 Å². The lowest BCUT2D eigenvalue weighted by molar-refractivity contribution is -0.142. The van der Waals surface area contributed by atoms with Crippen LogP contribution in [0, 0.1) is 5.82 Å². The van der Waals surface area contributed by atoms with E-state index in [2.05, 4.69) is 20.4 Å². The molecule has 1 atom stereocenters. The first kappa shape index (κ1) is 26.7. The maximum absolute atomic E-state index is 14.5. The van der Waals surface area contributed by atoms with E-state index in [4.69, 9.17) is 16.3 Å². The van der Waals surface area contributed by atoms with Crippen molar-refractivity contribution < 1.29 is 23.5 Å². The Labute approximate surface area is 212 Å². The second-order valence-corrected chi connectivity index (χ2v) is 8.60. The number of hydrogen-bond acceptors (Lipinski definition) is 7. The minimum Gasteiger partial charge on any atom is -0.488 e. The van der Waals surface area contributed by atoms with Gasteiger partial charge in [0.25, 0.3) is 11.5 Å². The van der Waals surface area contributed by atoms with Gasteiger partial charge >= 0.3 is 5.97 Å². The molecule has 0 radical (unpaired) electrons. The van der Waals surface area contributed by atoms with Crippen LogP contribution in [0.25, 0.3) is 0 Å². The fourth-order valence-electron chi connectivity index (χ4n) is 3.23. The summed E-state index contributed by atoms with van der Waals surface area (Å²) in [7, 11) is 1.19. The second-order valence-electron chi connectivity index (χ2n) is 8.17. The Balaban J connectivity index is 1.98. The molecule has 190 valence electrons. The van der Waals surface area contributed by atoms with Crippen LogP contribution in [0.3, 0.4) is 0 Å². The van der Waals surface area contributed by atoms with Gasteiger partial charge in [0.05, 0.1) is 19.8 Å². The molecule has 0 aliphatic rings. The van der Waals surface area contributed by atoms with E-state index in [1.807, 2.05) is 0 Å². The van der Waals surface area contributed by atoms with Crippen LogP contribution in [0.2, 0.25) is 5.02 Å². The standard InChI is InChI=1S/C25H26ClFN4O5/c1-14(2)36-21-10-9-18(11-20(21)27)30-25-28-12-19(22(32)29-15(3)24(34)35-4)23(33)31(25)13-16-5-7-17(26)8-6-16/h5-12,14-15H,13H2,1-4H3,(H,28,30)(H,29,32)/t15-/m0/s1. The smallest absolute Gasteiger partial charge is 0.328 e. The van der Waals surface area contributed by atoms with E-state index in [1.165, 1.54) is 30.7 Å². The third kappa shape index (κ3) is 6.60. The van der Waals surface area contributed by atoms with Crippen molar-refractivity contribution in [1.82, 2.24) is 14.9 Å². The number of benzene rings is 2. The zero-order valence-corrected chi connectivity index (χ0v) is 20.9. The fourth-order valence-corrected chi connectivity index (χ4v) is 3.36. The molecule has 0 bridgehead atoms. The fraction of sp³-hybridized carbons (Fsp3) is 0.280. The summed E-state index contributed by atoms with van der Waals surface area (Å²) >= 11 is 5.97. The normalized spacial score (nSPS) is 11.6. The topological polar surface area (TPSA) is 112 Å². The summed E-state index contributed by atoms with van der Waals surface area (Å²) in [5, 5.41) is 5.86. The zero-order valence-electron chi connectivity index (χ0n) is 20.2. The third-order valence-corrected chi connectivity index (χ3v) is 5.25. The number of nitrogens with one attached hydrogen (secondary N) is 2. The van der Waals surface area contributed by atoms with Gasteiger partial charge in [-0.3, -0.25) is 14.2 Å². The monoisotopic (exact) mass is 516 g/mol. The Morgan fingerprint density at radius 3 is 2.44 bits per heavy atom. The van der Waals surface area contributed by atoms with Crippen molar-refractivity contribution in [1.29, 1.82) is 0 Å². The maximum atomic E-state index is 14.5. The molecule has 3 aromatic rings. The largest absolute Gasteiger partial charge is 0.488 e. The van der Waals surface area contributed by atoms with Gasteiger partial charge in [0, 0.05) is 23.0 Å². The SMILES string of the molecule is COC(=O)[C@H](C)NC(=O)c1cnc(Nc2ccc(OC(C)C)c(F)c2)n(Cc2ccc(Cl)cc2)c1=O. The molecule has 0 saturated carbocycles. The maximum Gasteiger partial charge on any atom is 0.328 e. The molecule has 36 heavy (non-hydrogen) atoms. The average molecular weight is 517 g/mol. The predicted octanol–water partition coefficient (Wildman–Crippen LogP) is 3.91. The molecule has 2 N–H and O–H groups in total. The minimum atomic E-state index is -0.973. The number of hydrogen-bond donors (Lipinski definition) is 2. The van der Waals surface area contributed by atoms with Gasteiger partial charge < -0.3 is 20.1 Å². The van der Waals surface area contributed by atoms with Gasteiger partial charge in [0.15, 0.2) is 11.6 Å². The van der Waals surface area contributed by atoms with Crippen LogP contribution in [0.15, 0.2) is 53.5 Å². The van der Waals surface area contributed by atoms with Gasteiger partial charge in [-0.1, -0.05) is 23.7 Å². The van der Waals surface area contributed by atoms with Crippen molar-refractivity contribution >= 4 is 35.1 Å². The Bertz CT molecular complexity index is 1310. The molecule has 11 heteroatoms. The Kier molecular flexibility index (Phi) is 8.65. The van der Waals surface area contributed by atoms with Crippen LogP contribution in [-0.4, -0.2) is 40.7 Å². The Morgan fingerprint density at radius 2 is 1.83 bits per heavy atom. The first-order valence-electron chi connectivity index (χ1n) is 11.0. The quantitative estimate of drug-likeness (QED) is 0.415. The van der Waals surface area contributed by atoms with Gasteiger partial charge in [0.2, 0.25) is 5.95 Å². The zero-order chi connectivity index (χ0) is 26.4. The summed E-state index contributed by atoms with van der Waals surface area (Å²) in [5.74, 6) is -1.88. The molecule has 3 rings (SSSR count). The highest BCUT2D eigenvalue weighted by Crippen LogP contribution is 2.24. The van der Waals surface area contributed by atoms with E-state index < -0.39 is 29.3 Å². The Morgan fingerprint density at radius 1 is 1.14 bits per heavy atom. The number of rotatable bonds is 9. The summed E-state index contributed by atoms with van der Waals surface area (Å²) < 4.78 is 25.8. The van der Waals surface area contributed by atoms with E-state index in [0.29, 0.717) is 16.3 Å². The lowest BCUT2D eigenvalue weighted by Crippen LogP contribution is -2.42. The van der Waals surface area contributed by atoms with Crippen LogP contribution in [-0.2, 0) is 16.1 Å². The number of carbonyl (C=O) groups excluding carboxylic acids is 2. The molecule has 1 heterocycles. The van der Waals surface area contributed by atoms with E-state index in [0.717, 1.165) is 6.20 Å². The van der Waals surface area contributed by atoms with Crippen molar-refractivity contribution in [2.24, 2.45) is 0 Å². The lowest BCUT2D eigenvalue weighted by atomic mass is 10.2. The van der Waals surface area contributed by atoms with Crippen molar-refractivity contribution in [3.8, 4) is 5.75 Å². The van der Waals surface area contributed by atoms with Gasteiger partial charge in [-0.2, -0.15) is 0 Å². The molecular weight excluding hydrogens is 491 g/mol. The van der Waals surface area contributed by atoms with Crippen molar-refractivity contribution in [2.45, 2.75) is 39.5 Å². The number of methoxy groups -OCH3 is 1. The number of amides is 1. The molecular formula is C25H26ClFN4O5. The number of anilines is 2. The highest BCUT2D eigenvalue weighted by molar-refractivity contribution is 6.30. The highest BCUT2D eigenvalue weighted by Gasteiger charge is 2.22. The summed E-state index contributed by atoms with van der Waals surface area (Å²) in [6.45, 7) is 5.04. The second kappa shape index (κ2) is 11.7. The molecule has 1 aromatic heterocycles. The van der Waals surface area contributed by atoms with Crippen molar-refractivity contribution in [2.75, 3.05) is 12.4 Å².